The standard InChI is InChI=1S/C29H28F4N2O2/c1-2-3-16-36-25-18-34-27(35-19-25)15-8-21-7-14-26-23(17-21)11-10-22(28(26)30)9-4-20-5-12-24(13-6-20)37-29(31,32)33/h5-7,10-14,17-19H,2-4,8-9,15-16H2,1H3. The average Bonchev–Trinajstić information content (AvgIpc) is 2.88. The third-order valence-corrected chi connectivity index (χ3v) is 6.02. The molecule has 0 amide bonds. The van der Waals surface area contributed by atoms with Crippen LogP contribution in [0.1, 0.15) is 42.3 Å². The number of aryl methyl sites for hydroxylation is 4. The van der Waals surface area contributed by atoms with Gasteiger partial charge >= 0.3 is 6.36 Å². The highest BCUT2D eigenvalue weighted by Crippen LogP contribution is 2.26. The van der Waals surface area contributed by atoms with Crippen molar-refractivity contribution in [2.24, 2.45) is 0 Å². The third-order valence-electron chi connectivity index (χ3n) is 6.02. The molecule has 0 radical (unpaired) electrons. The second kappa shape index (κ2) is 12.0. The molecule has 3 aromatic carbocycles. The highest BCUT2D eigenvalue weighted by atomic mass is 19.4. The summed E-state index contributed by atoms with van der Waals surface area (Å²) in [4.78, 5) is 8.75. The molecule has 0 bridgehead atoms. The first-order valence-corrected chi connectivity index (χ1v) is 12.3. The minimum absolute atomic E-state index is 0.274. The Kier molecular flexibility index (Phi) is 8.58. The largest absolute Gasteiger partial charge is 0.573 e. The maximum Gasteiger partial charge on any atom is 0.573 e. The lowest BCUT2D eigenvalue weighted by Crippen LogP contribution is -2.17. The van der Waals surface area contributed by atoms with Crippen LogP contribution in [0.2, 0.25) is 0 Å². The fraction of sp³-hybridized carbons (Fsp3) is 0.310. The number of hydrogen-bond acceptors (Lipinski definition) is 4. The lowest BCUT2D eigenvalue weighted by Gasteiger charge is -2.10. The summed E-state index contributed by atoms with van der Waals surface area (Å²) in [6, 6.07) is 15.0. The van der Waals surface area contributed by atoms with E-state index in [0.717, 1.165) is 41.6 Å². The van der Waals surface area contributed by atoms with Crippen LogP contribution in [0.15, 0.2) is 67.0 Å². The van der Waals surface area contributed by atoms with E-state index in [-0.39, 0.29) is 11.6 Å². The van der Waals surface area contributed by atoms with Crippen molar-refractivity contribution >= 4 is 10.8 Å². The van der Waals surface area contributed by atoms with Gasteiger partial charge in [-0.3, -0.25) is 0 Å². The number of halogens is 4. The van der Waals surface area contributed by atoms with Crippen LogP contribution in [-0.2, 0) is 25.7 Å². The summed E-state index contributed by atoms with van der Waals surface area (Å²) in [5.74, 6) is 0.844. The van der Waals surface area contributed by atoms with Gasteiger partial charge in [-0.1, -0.05) is 55.8 Å². The van der Waals surface area contributed by atoms with Crippen molar-refractivity contribution in [3.05, 3.63) is 95.3 Å². The lowest BCUT2D eigenvalue weighted by molar-refractivity contribution is -0.274. The van der Waals surface area contributed by atoms with Crippen molar-refractivity contribution in [1.82, 2.24) is 9.97 Å². The minimum Gasteiger partial charge on any atom is -0.490 e. The topological polar surface area (TPSA) is 44.2 Å². The summed E-state index contributed by atoms with van der Waals surface area (Å²) in [7, 11) is 0. The molecule has 4 rings (SSSR count). The van der Waals surface area contributed by atoms with E-state index in [2.05, 4.69) is 21.6 Å². The highest BCUT2D eigenvalue weighted by molar-refractivity contribution is 5.84. The van der Waals surface area contributed by atoms with Gasteiger partial charge in [0.2, 0.25) is 0 Å². The molecule has 0 spiro atoms. The zero-order chi connectivity index (χ0) is 26.3. The van der Waals surface area contributed by atoms with Crippen LogP contribution in [0, 0.1) is 5.82 Å². The summed E-state index contributed by atoms with van der Waals surface area (Å²) in [5.41, 5.74) is 2.42. The first-order valence-electron chi connectivity index (χ1n) is 12.3. The van der Waals surface area contributed by atoms with E-state index in [9.17, 15) is 13.2 Å². The lowest BCUT2D eigenvalue weighted by atomic mass is 9.98. The van der Waals surface area contributed by atoms with Gasteiger partial charge in [-0.25, -0.2) is 14.4 Å². The van der Waals surface area contributed by atoms with Crippen LogP contribution < -0.4 is 9.47 Å². The first kappa shape index (κ1) is 26.4. The number of benzene rings is 3. The smallest absolute Gasteiger partial charge is 0.490 e. The Morgan fingerprint density at radius 2 is 1.49 bits per heavy atom. The molecule has 0 unspecified atom stereocenters. The van der Waals surface area contributed by atoms with E-state index in [0.29, 0.717) is 42.6 Å². The fourth-order valence-electron chi connectivity index (χ4n) is 4.01. The Morgan fingerprint density at radius 1 is 0.784 bits per heavy atom. The van der Waals surface area contributed by atoms with Crippen molar-refractivity contribution in [3.63, 3.8) is 0 Å². The van der Waals surface area contributed by atoms with Crippen LogP contribution >= 0.6 is 0 Å². The number of rotatable bonds is 11. The highest BCUT2D eigenvalue weighted by Gasteiger charge is 2.30. The Labute approximate surface area is 213 Å². The number of aromatic nitrogens is 2. The molecule has 194 valence electrons. The van der Waals surface area contributed by atoms with Crippen molar-refractivity contribution in [2.75, 3.05) is 6.61 Å². The van der Waals surface area contributed by atoms with Gasteiger partial charge in [0.15, 0.2) is 5.75 Å². The molecule has 0 atom stereocenters. The predicted octanol–water partition coefficient (Wildman–Crippen LogP) is 7.42. The van der Waals surface area contributed by atoms with Crippen molar-refractivity contribution in [1.29, 1.82) is 0 Å². The molecule has 0 fully saturated rings. The summed E-state index contributed by atoms with van der Waals surface area (Å²) in [6.45, 7) is 2.76. The molecule has 0 aliphatic rings. The minimum atomic E-state index is -4.72. The summed E-state index contributed by atoms with van der Waals surface area (Å²) in [6.07, 6.45) is 3.03. The van der Waals surface area contributed by atoms with Crippen molar-refractivity contribution in [2.45, 2.75) is 51.8 Å². The number of alkyl halides is 3. The van der Waals surface area contributed by atoms with Gasteiger partial charge in [0.1, 0.15) is 17.4 Å². The third kappa shape index (κ3) is 7.65. The average molecular weight is 513 g/mol. The maximum absolute atomic E-state index is 15.2. The zero-order valence-corrected chi connectivity index (χ0v) is 20.5. The molecular formula is C29H28F4N2O2. The molecular weight excluding hydrogens is 484 g/mol. The second-order valence-electron chi connectivity index (χ2n) is 8.82. The van der Waals surface area contributed by atoms with Crippen LogP contribution in [0.5, 0.6) is 11.5 Å². The number of unbranched alkanes of at least 4 members (excludes halogenated alkanes) is 1. The number of nitrogens with zero attached hydrogens (tertiary/aromatic N) is 2. The molecule has 4 nitrogen and oxygen atoms in total. The molecule has 8 heteroatoms. The van der Waals surface area contributed by atoms with E-state index >= 15 is 4.39 Å². The summed E-state index contributed by atoms with van der Waals surface area (Å²) >= 11 is 0. The van der Waals surface area contributed by atoms with Crippen molar-refractivity contribution in [3.8, 4) is 11.5 Å². The Hall–Kier alpha value is -3.68. The van der Waals surface area contributed by atoms with Gasteiger partial charge in [-0.2, -0.15) is 0 Å². The quantitative estimate of drug-likeness (QED) is 0.155. The van der Waals surface area contributed by atoms with Crippen LogP contribution in [0.25, 0.3) is 10.8 Å². The van der Waals surface area contributed by atoms with E-state index in [1.807, 2.05) is 18.2 Å². The maximum atomic E-state index is 15.2. The second-order valence-corrected chi connectivity index (χ2v) is 8.82. The van der Waals surface area contributed by atoms with Gasteiger partial charge in [-0.15, -0.1) is 13.2 Å². The van der Waals surface area contributed by atoms with E-state index < -0.39 is 6.36 Å². The molecule has 0 aliphatic carbocycles. The summed E-state index contributed by atoms with van der Waals surface area (Å²) in [5, 5.41) is 1.35. The Bertz CT molecular complexity index is 1310. The number of hydrogen-bond donors (Lipinski definition) is 0. The number of ether oxygens (including phenoxy) is 2. The molecule has 1 aromatic heterocycles. The molecule has 0 N–H and O–H groups in total. The molecule has 4 aromatic rings. The Morgan fingerprint density at radius 3 is 2.19 bits per heavy atom. The van der Waals surface area contributed by atoms with Gasteiger partial charge in [-0.05, 0) is 59.9 Å². The first-order chi connectivity index (χ1) is 17.8. The fourth-order valence-corrected chi connectivity index (χ4v) is 4.01. The molecule has 0 saturated carbocycles. The van der Waals surface area contributed by atoms with E-state index in [1.54, 1.807) is 36.7 Å². The molecule has 0 aliphatic heterocycles. The van der Waals surface area contributed by atoms with Crippen LogP contribution in [0.4, 0.5) is 17.6 Å². The monoisotopic (exact) mass is 512 g/mol. The molecule has 37 heavy (non-hydrogen) atoms. The molecule has 0 saturated heterocycles. The van der Waals surface area contributed by atoms with E-state index in [1.165, 1.54) is 12.1 Å². The van der Waals surface area contributed by atoms with Gasteiger partial charge in [0.25, 0.3) is 0 Å². The summed E-state index contributed by atoms with van der Waals surface area (Å²) < 4.78 is 61.6. The molecule has 1 heterocycles. The van der Waals surface area contributed by atoms with Gasteiger partial charge in [0.05, 0.1) is 19.0 Å². The number of fused-ring (bicyclic) bond motifs is 1. The van der Waals surface area contributed by atoms with E-state index in [4.69, 9.17) is 4.74 Å². The van der Waals surface area contributed by atoms with Crippen LogP contribution in [-0.4, -0.2) is 22.9 Å². The van der Waals surface area contributed by atoms with Crippen LogP contribution in [0.3, 0.4) is 0 Å². The van der Waals surface area contributed by atoms with Gasteiger partial charge in [0, 0.05) is 11.8 Å². The Balaban J connectivity index is 1.35. The SMILES string of the molecule is CCCCOc1cnc(CCc2ccc3c(F)c(CCc4ccc(OC(F)(F)F)cc4)ccc3c2)nc1. The normalized spacial score (nSPS) is 11.6. The van der Waals surface area contributed by atoms with Gasteiger partial charge < -0.3 is 9.47 Å². The predicted molar refractivity (Wildman–Crippen MR) is 134 cm³/mol. The van der Waals surface area contributed by atoms with Crippen molar-refractivity contribution < 1.29 is 27.0 Å². The zero-order valence-electron chi connectivity index (χ0n) is 20.5.